The van der Waals surface area contributed by atoms with Crippen LogP contribution in [0.15, 0.2) is 72.8 Å². The van der Waals surface area contributed by atoms with Gasteiger partial charge in [-0.15, -0.1) is 0 Å². The van der Waals surface area contributed by atoms with Crippen molar-refractivity contribution in [3.05, 3.63) is 100 Å². The number of para-hydroxylation sites is 1. The van der Waals surface area contributed by atoms with Gasteiger partial charge in [0.2, 0.25) is 0 Å². The fourth-order valence-corrected chi connectivity index (χ4v) is 6.53. The molecule has 1 saturated heterocycles. The minimum absolute atomic E-state index is 0.0549. The van der Waals surface area contributed by atoms with Gasteiger partial charge >= 0.3 is 0 Å². The zero-order valence-electron chi connectivity index (χ0n) is 17.1. The van der Waals surface area contributed by atoms with Gasteiger partial charge in [-0.3, -0.25) is 14.5 Å². The highest BCUT2D eigenvalue weighted by atomic mass is 35.5. The fraction of sp³-hybridized carbons (Fsp3) is 0.231. The van der Waals surface area contributed by atoms with E-state index in [0.717, 1.165) is 27.9 Å². The lowest BCUT2D eigenvalue weighted by atomic mass is 9.59. The molecule has 3 aliphatic rings. The van der Waals surface area contributed by atoms with Crippen LogP contribution in [0.4, 0.5) is 5.69 Å². The first kappa shape index (κ1) is 18.8. The van der Waals surface area contributed by atoms with Crippen LogP contribution in [0.25, 0.3) is 0 Å². The molecule has 154 valence electrons. The summed E-state index contributed by atoms with van der Waals surface area (Å²) < 4.78 is 0. The Labute approximate surface area is 185 Å². The number of amides is 1. The van der Waals surface area contributed by atoms with E-state index in [1.807, 2.05) is 79.8 Å². The number of ketones is 1. The van der Waals surface area contributed by atoms with Crippen molar-refractivity contribution in [2.45, 2.75) is 17.9 Å². The van der Waals surface area contributed by atoms with E-state index in [9.17, 15) is 9.59 Å². The number of nitrogens with one attached hydrogen (secondary N) is 1. The smallest absolute Gasteiger partial charge is 0.250 e. The minimum atomic E-state index is -1.07. The maximum atomic E-state index is 14.3. The van der Waals surface area contributed by atoms with E-state index in [1.165, 1.54) is 0 Å². The number of Topliss-reactive ketones (excluding diaryl/α,β-unsaturated/α-hetero) is 1. The molecule has 1 amide bonds. The molecule has 0 radical (unpaired) electrons. The number of likely N-dealkylation sites (tertiary alicyclic amines) is 1. The molecular formula is C26H21ClN2O2. The Morgan fingerprint density at radius 1 is 0.968 bits per heavy atom. The molecule has 1 aliphatic carbocycles. The molecule has 1 fully saturated rings. The molecule has 5 heteroatoms. The topological polar surface area (TPSA) is 49.4 Å². The van der Waals surface area contributed by atoms with Crippen LogP contribution >= 0.6 is 11.6 Å². The van der Waals surface area contributed by atoms with Gasteiger partial charge in [0.05, 0.1) is 5.41 Å². The third kappa shape index (κ3) is 2.14. The number of carbonyl (C=O) groups is 2. The van der Waals surface area contributed by atoms with E-state index >= 15 is 0 Å². The third-order valence-electron chi connectivity index (χ3n) is 7.57. The Hall–Kier alpha value is -2.95. The van der Waals surface area contributed by atoms with Crippen molar-refractivity contribution in [3.63, 3.8) is 0 Å². The summed E-state index contributed by atoms with van der Waals surface area (Å²) in [6, 6.07) is 23.3. The van der Waals surface area contributed by atoms with Gasteiger partial charge in [0.25, 0.3) is 5.91 Å². The Morgan fingerprint density at radius 2 is 1.68 bits per heavy atom. The van der Waals surface area contributed by atoms with E-state index in [2.05, 4.69) is 10.2 Å². The van der Waals surface area contributed by atoms with Crippen LogP contribution in [-0.2, 0) is 16.8 Å². The van der Waals surface area contributed by atoms with Crippen LogP contribution < -0.4 is 5.32 Å². The van der Waals surface area contributed by atoms with Crippen molar-refractivity contribution in [3.8, 4) is 0 Å². The zero-order chi connectivity index (χ0) is 21.4. The van der Waals surface area contributed by atoms with Crippen molar-refractivity contribution in [2.75, 3.05) is 18.9 Å². The van der Waals surface area contributed by atoms with E-state index in [4.69, 9.17) is 11.6 Å². The van der Waals surface area contributed by atoms with Gasteiger partial charge in [-0.1, -0.05) is 66.2 Å². The predicted molar refractivity (Wildman–Crippen MR) is 120 cm³/mol. The van der Waals surface area contributed by atoms with Crippen LogP contribution in [0.2, 0.25) is 5.02 Å². The highest BCUT2D eigenvalue weighted by Crippen LogP contribution is 2.66. The van der Waals surface area contributed by atoms with Gasteiger partial charge < -0.3 is 5.32 Å². The molecule has 6 rings (SSSR count). The molecular weight excluding hydrogens is 408 g/mol. The molecule has 2 heterocycles. The summed E-state index contributed by atoms with van der Waals surface area (Å²) in [5.41, 5.74) is 2.46. The molecule has 0 unspecified atom stereocenters. The molecule has 0 aromatic heterocycles. The number of anilines is 1. The van der Waals surface area contributed by atoms with Crippen molar-refractivity contribution in [2.24, 2.45) is 5.41 Å². The Bertz CT molecular complexity index is 1250. The molecule has 1 N–H and O–H groups in total. The average Bonchev–Trinajstić information content (AvgIpc) is 3.34. The highest BCUT2D eigenvalue weighted by molar-refractivity contribution is 6.30. The molecule has 3 aromatic carbocycles. The normalized spacial score (nSPS) is 28.9. The Balaban J connectivity index is 1.67. The summed E-state index contributed by atoms with van der Waals surface area (Å²) in [5, 5.41) is 3.74. The monoisotopic (exact) mass is 428 g/mol. The number of hydrogen-bond acceptors (Lipinski definition) is 3. The van der Waals surface area contributed by atoms with E-state index in [1.54, 1.807) is 0 Å². The minimum Gasteiger partial charge on any atom is -0.324 e. The molecule has 2 spiro atoms. The van der Waals surface area contributed by atoms with Crippen molar-refractivity contribution in [1.29, 1.82) is 0 Å². The molecule has 4 nitrogen and oxygen atoms in total. The standard InChI is InChI=1S/C26H21ClN2O2/c1-29-15-21(16-10-12-18(27)13-11-16)25(14-17-6-2-3-7-19(17)23(25)30)26(29)20-8-4-5-9-22(20)28-24(26)31/h2-13,21H,14-15H2,1H3,(H,28,31)/t21-,25+,26+/m0/s1. The number of carbonyl (C=O) groups excluding carboxylic acids is 2. The molecule has 0 bridgehead atoms. The maximum absolute atomic E-state index is 14.3. The van der Waals surface area contributed by atoms with Crippen LogP contribution in [0.5, 0.6) is 0 Å². The second-order valence-corrected chi connectivity index (χ2v) is 9.27. The third-order valence-corrected chi connectivity index (χ3v) is 7.82. The van der Waals surface area contributed by atoms with E-state index in [0.29, 0.717) is 18.0 Å². The summed E-state index contributed by atoms with van der Waals surface area (Å²) in [6.07, 6.45) is 0.529. The second kappa shape index (κ2) is 6.28. The van der Waals surface area contributed by atoms with Crippen molar-refractivity contribution < 1.29 is 9.59 Å². The van der Waals surface area contributed by atoms with Gasteiger partial charge in [-0.25, -0.2) is 0 Å². The average molecular weight is 429 g/mol. The largest absolute Gasteiger partial charge is 0.324 e. The zero-order valence-corrected chi connectivity index (χ0v) is 17.8. The predicted octanol–water partition coefficient (Wildman–Crippen LogP) is 4.64. The number of hydrogen-bond donors (Lipinski definition) is 1. The molecule has 0 saturated carbocycles. The number of halogens is 1. The first-order valence-electron chi connectivity index (χ1n) is 10.5. The van der Waals surface area contributed by atoms with Gasteiger partial charge in [0.1, 0.15) is 5.54 Å². The molecule has 2 aliphatic heterocycles. The number of nitrogens with zero attached hydrogens (tertiary/aromatic N) is 1. The lowest BCUT2D eigenvalue weighted by molar-refractivity contribution is -0.130. The van der Waals surface area contributed by atoms with Crippen LogP contribution in [-0.4, -0.2) is 30.2 Å². The summed E-state index contributed by atoms with van der Waals surface area (Å²) >= 11 is 6.17. The highest BCUT2D eigenvalue weighted by Gasteiger charge is 2.74. The first-order valence-corrected chi connectivity index (χ1v) is 10.9. The van der Waals surface area contributed by atoms with Crippen molar-refractivity contribution >= 4 is 29.0 Å². The quantitative estimate of drug-likeness (QED) is 0.614. The Morgan fingerprint density at radius 3 is 2.45 bits per heavy atom. The van der Waals surface area contributed by atoms with E-state index < -0.39 is 11.0 Å². The maximum Gasteiger partial charge on any atom is 0.250 e. The van der Waals surface area contributed by atoms with Crippen LogP contribution in [0.1, 0.15) is 33.0 Å². The molecule has 3 atom stereocenters. The fourth-order valence-electron chi connectivity index (χ4n) is 6.40. The van der Waals surface area contributed by atoms with E-state index in [-0.39, 0.29) is 17.6 Å². The van der Waals surface area contributed by atoms with Gasteiger partial charge in [-0.05, 0) is 42.8 Å². The Kier molecular flexibility index (Phi) is 3.81. The number of rotatable bonds is 1. The number of likely N-dealkylation sites (N-methyl/N-ethyl adjacent to an activating group) is 1. The van der Waals surface area contributed by atoms with Gasteiger partial charge in [-0.2, -0.15) is 0 Å². The SMILES string of the molecule is CN1C[C@@H](c2ccc(Cl)cc2)[C@@]2(Cc3ccccc3C2=O)[C@@]12C(=O)Nc1ccccc12. The lowest BCUT2D eigenvalue weighted by Crippen LogP contribution is -2.58. The summed E-state index contributed by atoms with van der Waals surface area (Å²) in [5.74, 6) is -0.209. The summed E-state index contributed by atoms with van der Waals surface area (Å²) in [7, 11) is 1.97. The molecule has 31 heavy (non-hydrogen) atoms. The summed E-state index contributed by atoms with van der Waals surface area (Å²) in [6.45, 7) is 0.600. The van der Waals surface area contributed by atoms with Gasteiger partial charge in [0, 0.05) is 34.3 Å². The first-order chi connectivity index (χ1) is 15.0. The number of fused-ring (bicyclic) bond motifs is 4. The van der Waals surface area contributed by atoms with Crippen molar-refractivity contribution in [1.82, 2.24) is 4.90 Å². The summed E-state index contributed by atoms with van der Waals surface area (Å²) in [4.78, 5) is 30.2. The van der Waals surface area contributed by atoms with Crippen LogP contribution in [0, 0.1) is 5.41 Å². The molecule has 3 aromatic rings. The lowest BCUT2D eigenvalue weighted by Gasteiger charge is -2.43. The second-order valence-electron chi connectivity index (χ2n) is 8.83. The number of benzene rings is 3. The van der Waals surface area contributed by atoms with Crippen LogP contribution in [0.3, 0.4) is 0 Å². The van der Waals surface area contributed by atoms with Gasteiger partial charge in [0.15, 0.2) is 5.78 Å².